The molecule has 118 valence electrons. The Morgan fingerprint density at radius 2 is 1.87 bits per heavy atom. The van der Waals surface area contributed by atoms with E-state index in [1.54, 1.807) is 6.20 Å². The lowest BCUT2D eigenvalue weighted by Crippen LogP contribution is -2.38. The van der Waals surface area contributed by atoms with Crippen LogP contribution in [-0.2, 0) is 13.0 Å². The van der Waals surface area contributed by atoms with Gasteiger partial charge in [0.15, 0.2) is 0 Å². The summed E-state index contributed by atoms with van der Waals surface area (Å²) in [6.07, 6.45) is 9.83. The van der Waals surface area contributed by atoms with E-state index < -0.39 is 0 Å². The second-order valence-electron chi connectivity index (χ2n) is 6.46. The van der Waals surface area contributed by atoms with Gasteiger partial charge in [0, 0.05) is 31.4 Å². The molecule has 4 heterocycles. The number of piperidine rings is 1. The first kappa shape index (κ1) is 14.3. The Labute approximate surface area is 137 Å². The molecular weight excluding hydrogens is 284 g/mol. The molecule has 0 spiro atoms. The standard InChI is InChI=1S/C20H22N2O/c1-2-4-17(5-3-1)15-23-20-12-18(13-21-14-20)11-19-10-16-6-8-22(19)9-7-16/h1-5,10,12-14,16H,6-9,11,15H2. The third-order valence-corrected chi connectivity index (χ3v) is 4.78. The summed E-state index contributed by atoms with van der Waals surface area (Å²) in [5, 5.41) is 0. The molecule has 5 rings (SSSR count). The number of pyridine rings is 1. The van der Waals surface area contributed by atoms with Crippen molar-refractivity contribution < 1.29 is 4.74 Å². The van der Waals surface area contributed by atoms with Crippen molar-refractivity contribution in [1.29, 1.82) is 0 Å². The van der Waals surface area contributed by atoms with Crippen LogP contribution in [0, 0.1) is 5.92 Å². The summed E-state index contributed by atoms with van der Waals surface area (Å²) in [6.45, 7) is 3.02. The molecule has 2 aromatic rings. The van der Waals surface area contributed by atoms with Crippen molar-refractivity contribution in [3.8, 4) is 5.75 Å². The molecule has 1 fully saturated rings. The number of hydrogen-bond acceptors (Lipinski definition) is 3. The Morgan fingerprint density at radius 1 is 1.04 bits per heavy atom. The zero-order chi connectivity index (χ0) is 15.5. The van der Waals surface area contributed by atoms with Gasteiger partial charge in [0.25, 0.3) is 0 Å². The van der Waals surface area contributed by atoms with Crippen LogP contribution in [0.4, 0.5) is 0 Å². The lowest BCUT2D eigenvalue weighted by Gasteiger charge is -2.40. The first-order valence-corrected chi connectivity index (χ1v) is 8.43. The predicted molar refractivity (Wildman–Crippen MR) is 91.1 cm³/mol. The number of allylic oxidation sites excluding steroid dienone is 2. The number of fused-ring (bicyclic) bond motifs is 2. The lowest BCUT2D eigenvalue weighted by atomic mass is 9.89. The van der Waals surface area contributed by atoms with Gasteiger partial charge in [0.05, 0.1) is 6.20 Å². The Morgan fingerprint density at radius 3 is 2.61 bits per heavy atom. The van der Waals surface area contributed by atoms with Crippen molar-refractivity contribution in [3.63, 3.8) is 0 Å². The highest BCUT2D eigenvalue weighted by atomic mass is 16.5. The van der Waals surface area contributed by atoms with Gasteiger partial charge in [-0.15, -0.1) is 0 Å². The highest BCUT2D eigenvalue weighted by Crippen LogP contribution is 2.31. The van der Waals surface area contributed by atoms with Crippen LogP contribution < -0.4 is 4.74 Å². The van der Waals surface area contributed by atoms with Gasteiger partial charge in [-0.05, 0) is 36.0 Å². The van der Waals surface area contributed by atoms with Gasteiger partial charge in [0.2, 0.25) is 0 Å². The van der Waals surface area contributed by atoms with E-state index in [0.717, 1.165) is 18.1 Å². The summed E-state index contributed by atoms with van der Waals surface area (Å²) < 4.78 is 5.89. The van der Waals surface area contributed by atoms with Crippen LogP contribution in [0.15, 0.2) is 60.6 Å². The number of aromatic nitrogens is 1. The monoisotopic (exact) mass is 306 g/mol. The van der Waals surface area contributed by atoms with Gasteiger partial charge in [-0.3, -0.25) is 4.98 Å². The number of ether oxygens (including phenoxy) is 1. The molecule has 0 aliphatic carbocycles. The second-order valence-corrected chi connectivity index (χ2v) is 6.46. The average Bonchev–Trinajstić information content (AvgIpc) is 2.62. The van der Waals surface area contributed by atoms with Gasteiger partial charge < -0.3 is 9.64 Å². The van der Waals surface area contributed by atoms with Crippen LogP contribution in [0.2, 0.25) is 0 Å². The summed E-state index contributed by atoms with van der Waals surface area (Å²) in [5.41, 5.74) is 3.88. The van der Waals surface area contributed by atoms with Crippen molar-refractivity contribution in [1.82, 2.24) is 9.88 Å². The van der Waals surface area contributed by atoms with Crippen molar-refractivity contribution in [3.05, 3.63) is 71.7 Å². The second kappa shape index (κ2) is 6.45. The fourth-order valence-corrected chi connectivity index (χ4v) is 3.49. The minimum Gasteiger partial charge on any atom is -0.487 e. The van der Waals surface area contributed by atoms with Gasteiger partial charge in [-0.1, -0.05) is 36.4 Å². The van der Waals surface area contributed by atoms with Crippen molar-refractivity contribution >= 4 is 0 Å². The lowest BCUT2D eigenvalue weighted by molar-refractivity contribution is 0.215. The average molecular weight is 306 g/mol. The highest BCUT2D eigenvalue weighted by molar-refractivity contribution is 5.28. The van der Waals surface area contributed by atoms with Crippen molar-refractivity contribution in [2.45, 2.75) is 25.9 Å². The predicted octanol–water partition coefficient (Wildman–Crippen LogP) is 3.81. The molecule has 1 aromatic carbocycles. The number of benzene rings is 1. The molecule has 0 saturated carbocycles. The van der Waals surface area contributed by atoms with E-state index in [1.807, 2.05) is 24.4 Å². The fourth-order valence-electron chi connectivity index (χ4n) is 3.49. The van der Waals surface area contributed by atoms with E-state index in [-0.39, 0.29) is 0 Å². The maximum Gasteiger partial charge on any atom is 0.138 e. The van der Waals surface area contributed by atoms with Gasteiger partial charge >= 0.3 is 0 Å². The molecule has 0 amide bonds. The van der Waals surface area contributed by atoms with E-state index in [0.29, 0.717) is 6.61 Å². The van der Waals surface area contributed by atoms with Crippen molar-refractivity contribution in [2.24, 2.45) is 5.92 Å². The van der Waals surface area contributed by atoms with Crippen LogP contribution in [0.5, 0.6) is 5.75 Å². The normalized spacial score (nSPS) is 17.2. The molecule has 3 aliphatic rings. The van der Waals surface area contributed by atoms with Gasteiger partial charge in [-0.2, -0.15) is 0 Å². The summed E-state index contributed by atoms with van der Waals surface area (Å²) in [6, 6.07) is 12.4. The summed E-state index contributed by atoms with van der Waals surface area (Å²) >= 11 is 0. The molecule has 1 aromatic heterocycles. The third kappa shape index (κ3) is 3.39. The summed E-state index contributed by atoms with van der Waals surface area (Å²) in [7, 11) is 0. The number of rotatable bonds is 5. The zero-order valence-electron chi connectivity index (χ0n) is 13.3. The molecule has 3 heteroatoms. The molecule has 23 heavy (non-hydrogen) atoms. The number of nitrogens with zero attached hydrogens (tertiary/aromatic N) is 2. The Bertz CT molecular complexity index is 688. The maximum atomic E-state index is 5.89. The first-order valence-electron chi connectivity index (χ1n) is 8.43. The summed E-state index contributed by atoms with van der Waals surface area (Å²) in [4.78, 5) is 6.88. The minimum absolute atomic E-state index is 0.586. The first-order chi connectivity index (χ1) is 11.4. The zero-order valence-corrected chi connectivity index (χ0v) is 13.3. The largest absolute Gasteiger partial charge is 0.487 e. The molecule has 0 unspecified atom stereocenters. The molecule has 0 radical (unpaired) electrons. The maximum absolute atomic E-state index is 5.89. The van der Waals surface area contributed by atoms with E-state index in [1.165, 1.54) is 42.8 Å². The van der Waals surface area contributed by atoms with Crippen LogP contribution in [0.25, 0.3) is 0 Å². The molecular formula is C20H22N2O. The quantitative estimate of drug-likeness (QED) is 0.840. The highest BCUT2D eigenvalue weighted by Gasteiger charge is 2.25. The SMILES string of the molecule is C1=C(Cc2cncc(OCc3ccccc3)c2)N2CCC1CC2. The van der Waals surface area contributed by atoms with Crippen LogP contribution in [0.3, 0.4) is 0 Å². The molecule has 0 N–H and O–H groups in total. The topological polar surface area (TPSA) is 25.4 Å². The van der Waals surface area contributed by atoms with Gasteiger partial charge in [-0.25, -0.2) is 0 Å². The van der Waals surface area contributed by atoms with Crippen molar-refractivity contribution in [2.75, 3.05) is 13.1 Å². The van der Waals surface area contributed by atoms with E-state index in [4.69, 9.17) is 4.74 Å². The van der Waals surface area contributed by atoms with Gasteiger partial charge in [0.1, 0.15) is 12.4 Å². The molecule has 3 nitrogen and oxygen atoms in total. The Kier molecular flexibility index (Phi) is 4.01. The summed E-state index contributed by atoms with van der Waals surface area (Å²) in [5.74, 6) is 1.64. The van der Waals surface area contributed by atoms with Crippen LogP contribution >= 0.6 is 0 Å². The Balaban J connectivity index is 1.42. The van der Waals surface area contributed by atoms with E-state index >= 15 is 0 Å². The Hall–Kier alpha value is -2.29. The fraction of sp³-hybridized carbons (Fsp3) is 0.350. The molecule has 1 saturated heterocycles. The van der Waals surface area contributed by atoms with Crippen LogP contribution in [-0.4, -0.2) is 23.0 Å². The number of hydrogen-bond donors (Lipinski definition) is 0. The third-order valence-electron chi connectivity index (χ3n) is 4.78. The molecule has 0 atom stereocenters. The van der Waals surface area contributed by atoms with Crippen LogP contribution in [0.1, 0.15) is 24.0 Å². The molecule has 3 aliphatic heterocycles. The minimum atomic E-state index is 0.586. The smallest absolute Gasteiger partial charge is 0.138 e. The molecule has 2 bridgehead atoms. The van der Waals surface area contributed by atoms with E-state index in [9.17, 15) is 0 Å². The van der Waals surface area contributed by atoms with E-state index in [2.05, 4.69) is 34.2 Å².